The third-order valence-corrected chi connectivity index (χ3v) is 5.67. The molecule has 0 unspecified atom stereocenters. The van der Waals surface area contributed by atoms with E-state index in [1.165, 1.54) is 0 Å². The average Bonchev–Trinajstić information content (AvgIpc) is 3.36. The number of rotatable bonds is 8. The number of carbonyl (C=O) groups excluding carboxylic acids is 2. The van der Waals surface area contributed by atoms with Gasteiger partial charge in [-0.05, 0) is 51.0 Å². The molecule has 9 heteroatoms. The van der Waals surface area contributed by atoms with Crippen LogP contribution < -0.4 is 10.6 Å². The van der Waals surface area contributed by atoms with Crippen LogP contribution in [0.5, 0.6) is 0 Å². The maximum Gasteiger partial charge on any atom is 0.408 e. The van der Waals surface area contributed by atoms with Crippen molar-refractivity contribution < 1.29 is 14.3 Å². The van der Waals surface area contributed by atoms with Crippen LogP contribution in [-0.2, 0) is 29.4 Å². The molecule has 0 saturated heterocycles. The summed E-state index contributed by atoms with van der Waals surface area (Å²) in [5.41, 5.74) is 2.18. The molecular weight excluding hydrogens is 444 g/mol. The zero-order valence-electron chi connectivity index (χ0n) is 20.6. The Labute approximate surface area is 204 Å². The van der Waals surface area contributed by atoms with Gasteiger partial charge in [0.1, 0.15) is 17.5 Å². The summed E-state index contributed by atoms with van der Waals surface area (Å²) in [6.45, 7) is 5.82. The lowest BCUT2D eigenvalue weighted by Gasteiger charge is -2.23. The van der Waals surface area contributed by atoms with Crippen molar-refractivity contribution in [2.24, 2.45) is 7.05 Å². The molecule has 0 bridgehead atoms. The first-order valence-electron chi connectivity index (χ1n) is 11.8. The van der Waals surface area contributed by atoms with E-state index in [9.17, 15) is 9.59 Å². The van der Waals surface area contributed by atoms with Crippen molar-refractivity contribution >= 4 is 28.6 Å². The summed E-state index contributed by atoms with van der Waals surface area (Å²) in [5, 5.41) is 15.2. The van der Waals surface area contributed by atoms with Gasteiger partial charge in [0, 0.05) is 49.7 Å². The van der Waals surface area contributed by atoms with Gasteiger partial charge >= 0.3 is 6.09 Å². The van der Waals surface area contributed by atoms with Gasteiger partial charge in [-0.2, -0.15) is 0 Å². The highest BCUT2D eigenvalue weighted by molar-refractivity contribution is 5.88. The Morgan fingerprint density at radius 1 is 1.09 bits per heavy atom. The van der Waals surface area contributed by atoms with E-state index in [0.717, 1.165) is 27.9 Å². The number of nitrogens with zero attached hydrogens (tertiary/aromatic N) is 4. The first-order valence-corrected chi connectivity index (χ1v) is 11.8. The van der Waals surface area contributed by atoms with Gasteiger partial charge in [-0.25, -0.2) is 4.79 Å². The number of amides is 2. The van der Waals surface area contributed by atoms with E-state index < -0.39 is 17.7 Å². The van der Waals surface area contributed by atoms with Gasteiger partial charge < -0.3 is 19.9 Å². The molecular formula is C26H32N6O3. The smallest absolute Gasteiger partial charge is 0.408 e. The fourth-order valence-electron chi connectivity index (χ4n) is 4.11. The van der Waals surface area contributed by atoms with Gasteiger partial charge in [-0.15, -0.1) is 10.2 Å². The number of ether oxygens (including phenoxy) is 1. The number of carbonyl (C=O) groups is 2. The lowest BCUT2D eigenvalue weighted by Crippen LogP contribution is -2.49. The van der Waals surface area contributed by atoms with E-state index in [-0.39, 0.29) is 5.91 Å². The number of nitrogens with one attached hydrogen (secondary N) is 2. The predicted molar refractivity (Wildman–Crippen MR) is 134 cm³/mol. The Kier molecular flexibility index (Phi) is 7.04. The topological polar surface area (TPSA) is 103 Å². The highest BCUT2D eigenvalue weighted by atomic mass is 16.6. The van der Waals surface area contributed by atoms with Crippen molar-refractivity contribution in [3.05, 3.63) is 66.2 Å². The molecule has 184 valence electrons. The molecule has 0 aliphatic carbocycles. The predicted octanol–water partition coefficient (Wildman–Crippen LogP) is 3.41. The SMILES string of the molecule is Cn1cc(C[C@H](NC(=O)OC(C)(C)C)C(=O)NCCCc2nnc3ccccn23)c2ccccc21. The molecule has 35 heavy (non-hydrogen) atoms. The van der Waals surface area contributed by atoms with Crippen molar-refractivity contribution in [2.45, 2.75) is 51.7 Å². The fraction of sp³-hybridized carbons (Fsp3) is 0.385. The fourth-order valence-corrected chi connectivity index (χ4v) is 4.11. The van der Waals surface area contributed by atoms with Crippen LogP contribution in [0.2, 0.25) is 0 Å². The van der Waals surface area contributed by atoms with E-state index in [1.54, 1.807) is 20.8 Å². The van der Waals surface area contributed by atoms with Crippen LogP contribution in [-0.4, -0.2) is 49.4 Å². The number of alkyl carbamates (subject to hydrolysis) is 1. The summed E-state index contributed by atoms with van der Waals surface area (Å²) in [6, 6.07) is 13.0. The summed E-state index contributed by atoms with van der Waals surface area (Å²) in [5.74, 6) is 0.587. The number of para-hydroxylation sites is 1. The quantitative estimate of drug-likeness (QED) is 0.380. The highest BCUT2D eigenvalue weighted by Crippen LogP contribution is 2.22. The van der Waals surface area contributed by atoms with Gasteiger partial charge in [-0.1, -0.05) is 24.3 Å². The minimum absolute atomic E-state index is 0.255. The second-order valence-corrected chi connectivity index (χ2v) is 9.62. The van der Waals surface area contributed by atoms with Gasteiger partial charge in [0.15, 0.2) is 5.65 Å². The van der Waals surface area contributed by atoms with E-state index >= 15 is 0 Å². The van der Waals surface area contributed by atoms with Gasteiger partial charge in [0.2, 0.25) is 5.91 Å². The number of pyridine rings is 1. The number of hydrogen-bond acceptors (Lipinski definition) is 5. The summed E-state index contributed by atoms with van der Waals surface area (Å²) in [6.07, 6.45) is 5.01. The number of fused-ring (bicyclic) bond motifs is 2. The van der Waals surface area contributed by atoms with Crippen molar-refractivity contribution in [3.63, 3.8) is 0 Å². The van der Waals surface area contributed by atoms with Crippen LogP contribution in [0, 0.1) is 0 Å². The molecule has 4 aromatic rings. The minimum atomic E-state index is -0.774. The first-order chi connectivity index (χ1) is 16.7. The van der Waals surface area contributed by atoms with Gasteiger partial charge in [0.05, 0.1) is 0 Å². The molecule has 0 fully saturated rings. The molecule has 0 aliphatic heterocycles. The summed E-state index contributed by atoms with van der Waals surface area (Å²) in [4.78, 5) is 25.6. The lowest BCUT2D eigenvalue weighted by molar-refractivity contribution is -0.123. The Bertz CT molecular complexity index is 1330. The molecule has 1 aromatic carbocycles. The molecule has 1 atom stereocenters. The number of hydrogen-bond donors (Lipinski definition) is 2. The van der Waals surface area contributed by atoms with Crippen LogP contribution >= 0.6 is 0 Å². The molecule has 0 radical (unpaired) electrons. The Morgan fingerprint density at radius 3 is 2.66 bits per heavy atom. The third kappa shape index (κ3) is 5.98. The van der Waals surface area contributed by atoms with Crippen molar-refractivity contribution in [2.75, 3.05) is 6.54 Å². The zero-order chi connectivity index (χ0) is 25.0. The molecule has 0 spiro atoms. The van der Waals surface area contributed by atoms with Gasteiger partial charge in [0.25, 0.3) is 0 Å². The van der Waals surface area contributed by atoms with Crippen LogP contribution in [0.3, 0.4) is 0 Å². The molecule has 9 nitrogen and oxygen atoms in total. The molecule has 2 N–H and O–H groups in total. The molecule has 0 saturated carbocycles. The van der Waals surface area contributed by atoms with E-state index in [4.69, 9.17) is 4.74 Å². The van der Waals surface area contributed by atoms with Crippen LogP contribution in [0.15, 0.2) is 54.9 Å². The summed E-state index contributed by atoms with van der Waals surface area (Å²) in [7, 11) is 1.97. The highest BCUT2D eigenvalue weighted by Gasteiger charge is 2.25. The standard InChI is InChI=1S/C26H32N6O3/c1-26(2,3)35-25(34)28-20(16-18-17-31(4)21-11-6-5-10-19(18)21)24(33)27-14-9-13-23-30-29-22-12-7-8-15-32(22)23/h5-8,10-12,15,17,20H,9,13-14,16H2,1-4H3,(H,27,33)(H,28,34)/t20-/m0/s1. The van der Waals surface area contributed by atoms with Gasteiger partial charge in [-0.3, -0.25) is 9.20 Å². The summed E-state index contributed by atoms with van der Waals surface area (Å²) >= 11 is 0. The first kappa shape index (κ1) is 24.3. The van der Waals surface area contributed by atoms with E-state index in [0.29, 0.717) is 25.8 Å². The van der Waals surface area contributed by atoms with Crippen LogP contribution in [0.25, 0.3) is 16.6 Å². The normalized spacial score (nSPS) is 12.6. The van der Waals surface area contributed by atoms with Crippen molar-refractivity contribution in [1.29, 1.82) is 0 Å². The molecule has 0 aliphatic rings. The zero-order valence-corrected chi connectivity index (χ0v) is 20.6. The average molecular weight is 477 g/mol. The molecule has 2 amide bonds. The minimum Gasteiger partial charge on any atom is -0.444 e. The summed E-state index contributed by atoms with van der Waals surface area (Å²) < 4.78 is 9.37. The Morgan fingerprint density at radius 2 is 1.86 bits per heavy atom. The maximum absolute atomic E-state index is 13.1. The second kappa shape index (κ2) is 10.2. The molecule has 4 rings (SSSR count). The number of aromatic nitrogens is 4. The van der Waals surface area contributed by atoms with E-state index in [2.05, 4.69) is 20.8 Å². The van der Waals surface area contributed by atoms with Crippen LogP contribution in [0.4, 0.5) is 4.79 Å². The number of aryl methyl sites for hydroxylation is 2. The third-order valence-electron chi connectivity index (χ3n) is 5.67. The maximum atomic E-state index is 13.1. The number of benzene rings is 1. The van der Waals surface area contributed by atoms with Crippen LogP contribution in [0.1, 0.15) is 38.6 Å². The largest absolute Gasteiger partial charge is 0.444 e. The van der Waals surface area contributed by atoms with Crippen molar-refractivity contribution in [3.8, 4) is 0 Å². The van der Waals surface area contributed by atoms with E-state index in [1.807, 2.05) is 70.9 Å². The Balaban J connectivity index is 1.42. The molecule has 3 aromatic heterocycles. The molecule has 3 heterocycles. The monoisotopic (exact) mass is 476 g/mol. The second-order valence-electron chi connectivity index (χ2n) is 9.62. The lowest BCUT2D eigenvalue weighted by atomic mass is 10.0. The van der Waals surface area contributed by atoms with Crippen molar-refractivity contribution in [1.82, 2.24) is 29.8 Å². The Hall–Kier alpha value is -3.88.